The first-order valence-corrected chi connectivity index (χ1v) is 7.86. The minimum Gasteiger partial charge on any atom is -0.315 e. The predicted molar refractivity (Wildman–Crippen MR) is 80.4 cm³/mol. The van der Waals surface area contributed by atoms with Gasteiger partial charge >= 0.3 is 0 Å². The first-order chi connectivity index (χ1) is 8.50. The summed E-state index contributed by atoms with van der Waals surface area (Å²) in [5.74, 6) is 0. The van der Waals surface area contributed by atoms with Crippen molar-refractivity contribution in [1.82, 2.24) is 10.2 Å². The topological polar surface area (TPSA) is 15.3 Å². The number of hydrogen-bond donors (Lipinski definition) is 1. The largest absolute Gasteiger partial charge is 0.315 e. The lowest BCUT2D eigenvalue weighted by molar-refractivity contribution is 0.212. The van der Waals surface area contributed by atoms with Crippen LogP contribution < -0.4 is 5.32 Å². The van der Waals surface area contributed by atoms with Crippen LogP contribution in [0.1, 0.15) is 43.9 Å². The van der Waals surface area contributed by atoms with E-state index in [1.54, 1.807) is 0 Å². The minimum atomic E-state index is 0.287. The Morgan fingerprint density at radius 2 is 2.17 bits per heavy atom. The summed E-state index contributed by atoms with van der Waals surface area (Å²) in [6.45, 7) is 13.8. The zero-order valence-electron chi connectivity index (χ0n) is 12.1. The molecule has 2 heterocycles. The van der Waals surface area contributed by atoms with Crippen LogP contribution in [0.25, 0.3) is 0 Å². The molecule has 1 unspecified atom stereocenters. The first kappa shape index (κ1) is 14.0. The molecule has 0 bridgehead atoms. The van der Waals surface area contributed by atoms with Gasteiger partial charge in [-0.1, -0.05) is 27.7 Å². The molecule has 3 heteroatoms. The molecule has 1 aliphatic heterocycles. The highest BCUT2D eigenvalue weighted by Crippen LogP contribution is 2.30. The lowest BCUT2D eigenvalue weighted by atomic mass is 9.95. The molecule has 1 N–H and O–H groups in total. The molecule has 18 heavy (non-hydrogen) atoms. The van der Waals surface area contributed by atoms with Crippen LogP contribution >= 0.6 is 11.3 Å². The van der Waals surface area contributed by atoms with Crippen LogP contribution in [0.3, 0.4) is 0 Å². The SMILES string of the molecule is CCN(Cc1ccc(C(C)(C)C)s1)C1CCNC1. The van der Waals surface area contributed by atoms with Crippen molar-refractivity contribution in [2.24, 2.45) is 0 Å². The maximum atomic E-state index is 3.46. The average molecular weight is 266 g/mol. The Bertz CT molecular complexity index is 372. The van der Waals surface area contributed by atoms with Gasteiger partial charge in [-0.2, -0.15) is 0 Å². The van der Waals surface area contributed by atoms with Gasteiger partial charge in [-0.15, -0.1) is 11.3 Å². The summed E-state index contributed by atoms with van der Waals surface area (Å²) >= 11 is 1.98. The molecule has 1 aromatic rings. The number of likely N-dealkylation sites (N-methyl/N-ethyl adjacent to an activating group) is 1. The first-order valence-electron chi connectivity index (χ1n) is 7.04. The van der Waals surface area contributed by atoms with E-state index >= 15 is 0 Å². The van der Waals surface area contributed by atoms with Gasteiger partial charge in [-0.25, -0.2) is 0 Å². The van der Waals surface area contributed by atoms with E-state index in [4.69, 9.17) is 0 Å². The van der Waals surface area contributed by atoms with Crippen LogP contribution in [-0.2, 0) is 12.0 Å². The normalized spacial score (nSPS) is 20.8. The van der Waals surface area contributed by atoms with Gasteiger partial charge in [0.25, 0.3) is 0 Å². The quantitative estimate of drug-likeness (QED) is 0.900. The number of hydrogen-bond acceptors (Lipinski definition) is 3. The Morgan fingerprint density at radius 1 is 1.39 bits per heavy atom. The predicted octanol–water partition coefficient (Wildman–Crippen LogP) is 3.23. The summed E-state index contributed by atoms with van der Waals surface area (Å²) in [5.41, 5.74) is 0.287. The fraction of sp³-hybridized carbons (Fsp3) is 0.733. The maximum Gasteiger partial charge on any atom is 0.0331 e. The van der Waals surface area contributed by atoms with Gasteiger partial charge < -0.3 is 5.32 Å². The monoisotopic (exact) mass is 266 g/mol. The second kappa shape index (κ2) is 5.72. The molecule has 1 aromatic heterocycles. The van der Waals surface area contributed by atoms with Crippen LogP contribution in [0.15, 0.2) is 12.1 Å². The average Bonchev–Trinajstić information content (AvgIpc) is 2.95. The standard InChI is InChI=1S/C15H26N2S/c1-5-17(12-8-9-16-10-12)11-13-6-7-14(18-13)15(2,3)4/h6-7,12,16H,5,8-11H2,1-4H3. The summed E-state index contributed by atoms with van der Waals surface area (Å²) in [5, 5.41) is 3.46. The summed E-state index contributed by atoms with van der Waals surface area (Å²) < 4.78 is 0. The molecule has 2 rings (SSSR count). The molecule has 0 radical (unpaired) electrons. The van der Waals surface area contributed by atoms with Crippen LogP contribution in [0.4, 0.5) is 0 Å². The lowest BCUT2D eigenvalue weighted by Crippen LogP contribution is -2.35. The molecule has 0 spiro atoms. The zero-order valence-corrected chi connectivity index (χ0v) is 12.9. The molecule has 1 saturated heterocycles. The zero-order chi connectivity index (χ0) is 13.2. The second-order valence-corrected chi connectivity index (χ2v) is 7.39. The molecule has 2 nitrogen and oxygen atoms in total. The van der Waals surface area contributed by atoms with Crippen molar-refractivity contribution in [1.29, 1.82) is 0 Å². The van der Waals surface area contributed by atoms with Gasteiger partial charge in [0.05, 0.1) is 0 Å². The molecular weight excluding hydrogens is 240 g/mol. The minimum absolute atomic E-state index is 0.287. The lowest BCUT2D eigenvalue weighted by Gasteiger charge is -2.26. The molecule has 0 aliphatic carbocycles. The van der Waals surface area contributed by atoms with Crippen molar-refractivity contribution in [3.63, 3.8) is 0 Å². The summed E-state index contributed by atoms with van der Waals surface area (Å²) in [6.07, 6.45) is 1.30. The van der Waals surface area contributed by atoms with Crippen LogP contribution in [0.5, 0.6) is 0 Å². The maximum absolute atomic E-state index is 3.46. The van der Waals surface area contributed by atoms with E-state index in [1.807, 2.05) is 11.3 Å². The number of nitrogens with zero attached hydrogens (tertiary/aromatic N) is 1. The summed E-state index contributed by atoms with van der Waals surface area (Å²) in [7, 11) is 0. The van der Waals surface area contributed by atoms with E-state index in [2.05, 4.69) is 50.0 Å². The van der Waals surface area contributed by atoms with E-state index in [-0.39, 0.29) is 5.41 Å². The number of nitrogens with one attached hydrogen (secondary N) is 1. The number of rotatable bonds is 4. The van der Waals surface area contributed by atoms with Crippen molar-refractivity contribution in [2.75, 3.05) is 19.6 Å². The van der Waals surface area contributed by atoms with Gasteiger partial charge in [0, 0.05) is 28.9 Å². The molecule has 1 aliphatic rings. The fourth-order valence-electron chi connectivity index (χ4n) is 2.52. The number of thiophene rings is 1. The third-order valence-corrected chi connectivity index (χ3v) is 5.21. The van der Waals surface area contributed by atoms with E-state index in [0.717, 1.165) is 25.7 Å². The molecule has 0 saturated carbocycles. The van der Waals surface area contributed by atoms with Crippen LogP contribution in [-0.4, -0.2) is 30.6 Å². The van der Waals surface area contributed by atoms with Crippen LogP contribution in [0, 0.1) is 0 Å². The fourth-order valence-corrected chi connectivity index (χ4v) is 3.61. The van der Waals surface area contributed by atoms with E-state index in [9.17, 15) is 0 Å². The van der Waals surface area contributed by atoms with Crippen LogP contribution in [0.2, 0.25) is 0 Å². The second-order valence-electron chi connectivity index (χ2n) is 6.23. The van der Waals surface area contributed by atoms with Crippen molar-refractivity contribution in [2.45, 2.75) is 52.1 Å². The Kier molecular flexibility index (Phi) is 4.46. The van der Waals surface area contributed by atoms with Gasteiger partial charge in [0.2, 0.25) is 0 Å². The smallest absolute Gasteiger partial charge is 0.0331 e. The van der Waals surface area contributed by atoms with Gasteiger partial charge in [-0.05, 0) is 37.1 Å². The highest BCUT2D eigenvalue weighted by molar-refractivity contribution is 7.12. The van der Waals surface area contributed by atoms with Crippen molar-refractivity contribution < 1.29 is 0 Å². The molecular formula is C15H26N2S. The highest BCUT2D eigenvalue weighted by atomic mass is 32.1. The Balaban J connectivity index is 2.01. The molecule has 0 amide bonds. The molecule has 0 aromatic carbocycles. The van der Waals surface area contributed by atoms with Crippen molar-refractivity contribution in [3.05, 3.63) is 21.9 Å². The third kappa shape index (κ3) is 3.34. The molecule has 1 atom stereocenters. The molecule has 102 valence electrons. The van der Waals surface area contributed by atoms with Crippen molar-refractivity contribution in [3.8, 4) is 0 Å². The van der Waals surface area contributed by atoms with Gasteiger partial charge in [0.15, 0.2) is 0 Å². The van der Waals surface area contributed by atoms with Crippen molar-refractivity contribution >= 4 is 11.3 Å². The Labute approximate surface area is 115 Å². The third-order valence-electron chi connectivity index (χ3n) is 3.72. The summed E-state index contributed by atoms with van der Waals surface area (Å²) in [4.78, 5) is 5.62. The van der Waals surface area contributed by atoms with Gasteiger partial charge in [0.1, 0.15) is 0 Å². The van der Waals surface area contributed by atoms with E-state index in [1.165, 1.54) is 22.7 Å². The Morgan fingerprint density at radius 3 is 2.67 bits per heavy atom. The van der Waals surface area contributed by atoms with E-state index in [0.29, 0.717) is 0 Å². The Hall–Kier alpha value is -0.380. The van der Waals surface area contributed by atoms with E-state index < -0.39 is 0 Å². The summed E-state index contributed by atoms with van der Waals surface area (Å²) in [6, 6.07) is 5.35. The highest BCUT2D eigenvalue weighted by Gasteiger charge is 2.22. The molecule has 1 fully saturated rings. The van der Waals surface area contributed by atoms with Gasteiger partial charge in [-0.3, -0.25) is 4.90 Å².